The Labute approximate surface area is 141 Å². The van der Waals surface area contributed by atoms with E-state index in [9.17, 15) is 9.59 Å². The monoisotopic (exact) mass is 321 g/mol. The van der Waals surface area contributed by atoms with Crippen LogP contribution in [0.2, 0.25) is 0 Å². The molecule has 122 valence electrons. The Bertz CT molecular complexity index is 733. The molecular formula is C19H19N3O2. The minimum absolute atomic E-state index is 0.0648. The number of hydrogen-bond donors (Lipinski definition) is 1. The normalized spacial score (nSPS) is 9.83. The summed E-state index contributed by atoms with van der Waals surface area (Å²) in [6.07, 6.45) is 0.215. The molecule has 2 rings (SSSR count). The maximum atomic E-state index is 12.0. The van der Waals surface area contributed by atoms with Crippen LogP contribution in [0.1, 0.15) is 24.5 Å². The van der Waals surface area contributed by atoms with E-state index in [0.717, 1.165) is 5.56 Å². The van der Waals surface area contributed by atoms with Crippen LogP contribution in [0.5, 0.6) is 0 Å². The Morgan fingerprint density at radius 1 is 1.08 bits per heavy atom. The molecule has 0 aliphatic heterocycles. The quantitative estimate of drug-likeness (QED) is 0.889. The largest absolute Gasteiger partial charge is 0.338 e. The summed E-state index contributed by atoms with van der Waals surface area (Å²) in [6.45, 7) is 2.34. The fraction of sp³-hybridized carbons (Fsp3) is 0.211. The number of carbonyl (C=O) groups is 2. The average Bonchev–Trinajstić information content (AvgIpc) is 2.60. The molecular weight excluding hydrogens is 302 g/mol. The molecule has 0 bridgehead atoms. The number of amides is 2. The Balaban J connectivity index is 1.87. The smallest absolute Gasteiger partial charge is 0.226 e. The van der Waals surface area contributed by atoms with Gasteiger partial charge in [0.15, 0.2) is 0 Å². The molecule has 0 spiro atoms. The van der Waals surface area contributed by atoms with E-state index in [2.05, 4.69) is 5.32 Å². The number of carbonyl (C=O) groups excluding carboxylic acids is 2. The molecule has 24 heavy (non-hydrogen) atoms. The van der Waals surface area contributed by atoms with E-state index >= 15 is 0 Å². The molecule has 0 aromatic heterocycles. The summed E-state index contributed by atoms with van der Waals surface area (Å²) in [5.41, 5.74) is 2.20. The lowest BCUT2D eigenvalue weighted by molar-refractivity contribution is -0.129. The number of nitriles is 1. The molecule has 0 saturated carbocycles. The second kappa shape index (κ2) is 8.49. The van der Waals surface area contributed by atoms with Crippen molar-refractivity contribution in [3.63, 3.8) is 0 Å². The van der Waals surface area contributed by atoms with Crippen LogP contribution in [-0.4, -0.2) is 23.3 Å². The van der Waals surface area contributed by atoms with Crippen LogP contribution in [0, 0.1) is 11.3 Å². The van der Waals surface area contributed by atoms with E-state index in [1.54, 1.807) is 29.2 Å². The van der Waals surface area contributed by atoms with Gasteiger partial charge < -0.3 is 10.2 Å². The predicted octanol–water partition coefficient (Wildman–Crippen LogP) is 2.94. The van der Waals surface area contributed by atoms with Crippen LogP contribution in [0.3, 0.4) is 0 Å². The zero-order valence-electron chi connectivity index (χ0n) is 13.5. The molecule has 5 nitrogen and oxygen atoms in total. The molecule has 0 radical (unpaired) electrons. The van der Waals surface area contributed by atoms with Crippen LogP contribution < -0.4 is 5.32 Å². The van der Waals surface area contributed by atoms with Crippen molar-refractivity contribution in [3.05, 3.63) is 65.7 Å². The SMILES string of the molecule is CC(=O)N(CCC(=O)Nc1ccc(C#N)cc1)Cc1ccccc1. The lowest BCUT2D eigenvalue weighted by Gasteiger charge is -2.21. The highest BCUT2D eigenvalue weighted by atomic mass is 16.2. The van der Waals surface area contributed by atoms with Gasteiger partial charge in [0.2, 0.25) is 11.8 Å². The van der Waals surface area contributed by atoms with Gasteiger partial charge in [-0.05, 0) is 29.8 Å². The Morgan fingerprint density at radius 3 is 2.33 bits per heavy atom. The molecule has 0 heterocycles. The van der Waals surface area contributed by atoms with Gasteiger partial charge in [-0.1, -0.05) is 30.3 Å². The van der Waals surface area contributed by atoms with Gasteiger partial charge in [-0.25, -0.2) is 0 Å². The fourth-order valence-corrected chi connectivity index (χ4v) is 2.24. The van der Waals surface area contributed by atoms with Crippen molar-refractivity contribution in [1.29, 1.82) is 5.26 Å². The van der Waals surface area contributed by atoms with Crippen molar-refractivity contribution < 1.29 is 9.59 Å². The van der Waals surface area contributed by atoms with Crippen LogP contribution in [0.25, 0.3) is 0 Å². The first-order valence-corrected chi connectivity index (χ1v) is 7.68. The molecule has 0 aliphatic carbocycles. The molecule has 1 N–H and O–H groups in total. The van der Waals surface area contributed by atoms with E-state index in [1.807, 2.05) is 36.4 Å². The maximum Gasteiger partial charge on any atom is 0.226 e. The van der Waals surface area contributed by atoms with E-state index in [1.165, 1.54) is 6.92 Å². The number of benzene rings is 2. The highest BCUT2D eigenvalue weighted by molar-refractivity contribution is 5.91. The number of anilines is 1. The summed E-state index contributed by atoms with van der Waals surface area (Å²) < 4.78 is 0. The molecule has 0 atom stereocenters. The van der Waals surface area contributed by atoms with Gasteiger partial charge in [-0.2, -0.15) is 5.26 Å². The van der Waals surface area contributed by atoms with E-state index < -0.39 is 0 Å². The van der Waals surface area contributed by atoms with E-state index in [0.29, 0.717) is 24.3 Å². The summed E-state index contributed by atoms with van der Waals surface area (Å²) in [6, 6.07) is 18.4. The number of hydrogen-bond acceptors (Lipinski definition) is 3. The molecule has 2 aromatic carbocycles. The molecule has 0 saturated heterocycles. The second-order valence-electron chi connectivity index (χ2n) is 5.41. The highest BCUT2D eigenvalue weighted by Gasteiger charge is 2.12. The average molecular weight is 321 g/mol. The first-order chi connectivity index (χ1) is 11.6. The minimum atomic E-state index is -0.168. The first-order valence-electron chi connectivity index (χ1n) is 7.68. The molecule has 5 heteroatoms. The zero-order chi connectivity index (χ0) is 17.4. The molecule has 2 aromatic rings. The van der Waals surface area contributed by atoms with Gasteiger partial charge in [-0.3, -0.25) is 9.59 Å². The third-order valence-electron chi connectivity index (χ3n) is 3.57. The molecule has 0 aliphatic rings. The summed E-state index contributed by atoms with van der Waals surface area (Å²) in [4.78, 5) is 25.4. The van der Waals surface area contributed by atoms with Gasteiger partial charge >= 0.3 is 0 Å². The van der Waals surface area contributed by atoms with Gasteiger partial charge in [0.25, 0.3) is 0 Å². The summed E-state index contributed by atoms with van der Waals surface area (Å²) >= 11 is 0. The second-order valence-corrected chi connectivity index (χ2v) is 5.41. The lowest BCUT2D eigenvalue weighted by atomic mass is 10.2. The number of nitrogens with one attached hydrogen (secondary N) is 1. The fourth-order valence-electron chi connectivity index (χ4n) is 2.24. The van der Waals surface area contributed by atoms with Crippen molar-refractivity contribution in [2.75, 3.05) is 11.9 Å². The summed E-state index contributed by atoms with van der Waals surface area (Å²) in [7, 11) is 0. The third kappa shape index (κ3) is 5.25. The topological polar surface area (TPSA) is 73.2 Å². The van der Waals surface area contributed by atoms with Crippen molar-refractivity contribution in [2.24, 2.45) is 0 Å². The number of rotatable bonds is 6. The third-order valence-corrected chi connectivity index (χ3v) is 3.57. The van der Waals surface area contributed by atoms with Crippen LogP contribution >= 0.6 is 0 Å². The summed E-state index contributed by atoms with van der Waals surface area (Å²) in [5.74, 6) is -0.232. The molecule has 2 amide bonds. The Kier molecular flexibility index (Phi) is 6.09. The number of nitrogens with zero attached hydrogens (tertiary/aromatic N) is 2. The molecule has 0 unspecified atom stereocenters. The van der Waals surface area contributed by atoms with E-state index in [-0.39, 0.29) is 18.2 Å². The van der Waals surface area contributed by atoms with Gasteiger partial charge in [0, 0.05) is 32.1 Å². The predicted molar refractivity (Wildman–Crippen MR) is 91.9 cm³/mol. The molecule has 0 fully saturated rings. The van der Waals surface area contributed by atoms with Gasteiger partial charge in [0.1, 0.15) is 0 Å². The minimum Gasteiger partial charge on any atom is -0.338 e. The van der Waals surface area contributed by atoms with Crippen molar-refractivity contribution in [1.82, 2.24) is 4.90 Å². The van der Waals surface area contributed by atoms with Crippen LogP contribution in [0.4, 0.5) is 5.69 Å². The lowest BCUT2D eigenvalue weighted by Crippen LogP contribution is -2.31. The summed E-state index contributed by atoms with van der Waals surface area (Å²) in [5, 5.41) is 11.5. The van der Waals surface area contributed by atoms with Gasteiger partial charge in [-0.15, -0.1) is 0 Å². The van der Waals surface area contributed by atoms with Crippen LogP contribution in [-0.2, 0) is 16.1 Å². The zero-order valence-corrected chi connectivity index (χ0v) is 13.5. The van der Waals surface area contributed by atoms with Crippen molar-refractivity contribution in [2.45, 2.75) is 19.9 Å². The van der Waals surface area contributed by atoms with Crippen molar-refractivity contribution >= 4 is 17.5 Å². The Morgan fingerprint density at radius 2 is 1.75 bits per heavy atom. The standard InChI is InChI=1S/C19H19N3O2/c1-15(23)22(14-17-5-3-2-4-6-17)12-11-19(24)21-18-9-7-16(13-20)8-10-18/h2-10H,11-12,14H2,1H3,(H,21,24). The van der Waals surface area contributed by atoms with E-state index in [4.69, 9.17) is 5.26 Å². The maximum absolute atomic E-state index is 12.0. The highest BCUT2D eigenvalue weighted by Crippen LogP contribution is 2.10. The van der Waals surface area contributed by atoms with Gasteiger partial charge in [0.05, 0.1) is 11.6 Å². The van der Waals surface area contributed by atoms with Crippen molar-refractivity contribution in [3.8, 4) is 6.07 Å². The van der Waals surface area contributed by atoms with Crippen LogP contribution in [0.15, 0.2) is 54.6 Å². The Hall–Kier alpha value is -3.13. The first kappa shape index (κ1) is 17.2.